The van der Waals surface area contributed by atoms with E-state index >= 15 is 0 Å². The Balaban J connectivity index is 1.88. The predicted octanol–water partition coefficient (Wildman–Crippen LogP) is 5.27. The number of carbonyl (C=O) groups is 2. The molecule has 1 aliphatic rings. The van der Waals surface area contributed by atoms with E-state index in [0.29, 0.717) is 17.7 Å². The Morgan fingerprint density at radius 2 is 1.55 bits per heavy atom. The molecule has 0 unspecified atom stereocenters. The number of carboxylic acids is 1. The zero-order valence-electron chi connectivity index (χ0n) is 19.4. The van der Waals surface area contributed by atoms with Gasteiger partial charge in [-0.15, -0.1) is 0 Å². The van der Waals surface area contributed by atoms with Gasteiger partial charge in [0.25, 0.3) is 5.91 Å². The van der Waals surface area contributed by atoms with Crippen molar-refractivity contribution in [3.8, 4) is 0 Å². The Kier molecular flexibility index (Phi) is 6.23. The molecule has 170 valence electrons. The molecule has 0 saturated carbocycles. The van der Waals surface area contributed by atoms with Crippen molar-refractivity contribution < 1.29 is 14.7 Å². The SMILES string of the molecule is CCN(CC)c1ccc([C@H]2N(Cc3ccccc3)C(=O)c3ccccc3[C@@]2(C)C(=O)O)cc1. The quantitative estimate of drug-likeness (QED) is 0.541. The fourth-order valence-corrected chi connectivity index (χ4v) is 5.00. The fourth-order valence-electron chi connectivity index (χ4n) is 5.00. The minimum Gasteiger partial charge on any atom is -0.481 e. The lowest BCUT2D eigenvalue weighted by atomic mass is 9.68. The van der Waals surface area contributed by atoms with Crippen molar-refractivity contribution in [1.82, 2.24) is 4.90 Å². The Morgan fingerprint density at radius 3 is 2.15 bits per heavy atom. The van der Waals surface area contributed by atoms with E-state index in [1.54, 1.807) is 36.1 Å². The number of hydrogen-bond donors (Lipinski definition) is 1. The Morgan fingerprint density at radius 1 is 0.939 bits per heavy atom. The van der Waals surface area contributed by atoms with Crippen LogP contribution >= 0.6 is 0 Å². The molecule has 1 amide bonds. The third-order valence-electron chi connectivity index (χ3n) is 6.81. The summed E-state index contributed by atoms with van der Waals surface area (Å²) in [6.45, 7) is 8.06. The van der Waals surface area contributed by atoms with Crippen LogP contribution in [0.25, 0.3) is 0 Å². The summed E-state index contributed by atoms with van der Waals surface area (Å²) >= 11 is 0. The van der Waals surface area contributed by atoms with E-state index in [1.165, 1.54) is 0 Å². The van der Waals surface area contributed by atoms with Crippen LogP contribution < -0.4 is 4.90 Å². The molecule has 5 heteroatoms. The van der Waals surface area contributed by atoms with Gasteiger partial charge in [-0.2, -0.15) is 0 Å². The average molecular weight is 443 g/mol. The number of carboxylic acid groups (broad SMARTS) is 1. The van der Waals surface area contributed by atoms with E-state index in [4.69, 9.17) is 0 Å². The lowest BCUT2D eigenvalue weighted by Gasteiger charge is -2.47. The summed E-state index contributed by atoms with van der Waals surface area (Å²) < 4.78 is 0. The highest BCUT2D eigenvalue weighted by atomic mass is 16.4. The summed E-state index contributed by atoms with van der Waals surface area (Å²) in [4.78, 5) is 30.5. The molecule has 0 saturated heterocycles. The molecule has 3 aromatic carbocycles. The van der Waals surface area contributed by atoms with Crippen molar-refractivity contribution in [2.24, 2.45) is 0 Å². The number of carbonyl (C=O) groups excluding carboxylic acids is 1. The first kappa shape index (κ1) is 22.6. The Hall–Kier alpha value is -3.60. The fraction of sp³-hybridized carbons (Fsp3) is 0.286. The number of amides is 1. The molecule has 5 nitrogen and oxygen atoms in total. The van der Waals surface area contributed by atoms with Gasteiger partial charge in [-0.25, -0.2) is 0 Å². The number of anilines is 1. The van der Waals surface area contributed by atoms with Crippen molar-refractivity contribution >= 4 is 17.6 Å². The van der Waals surface area contributed by atoms with Gasteiger partial charge in [-0.1, -0.05) is 60.7 Å². The molecule has 0 spiro atoms. The largest absolute Gasteiger partial charge is 0.481 e. The maximum atomic E-state index is 13.7. The van der Waals surface area contributed by atoms with Crippen LogP contribution in [0.4, 0.5) is 5.69 Å². The van der Waals surface area contributed by atoms with Gasteiger partial charge < -0.3 is 14.9 Å². The molecule has 0 bridgehead atoms. The van der Waals surface area contributed by atoms with Crippen LogP contribution in [0.2, 0.25) is 0 Å². The summed E-state index contributed by atoms with van der Waals surface area (Å²) in [6.07, 6.45) is 0. The number of aliphatic carboxylic acids is 1. The zero-order valence-corrected chi connectivity index (χ0v) is 19.4. The third-order valence-corrected chi connectivity index (χ3v) is 6.81. The van der Waals surface area contributed by atoms with Crippen LogP contribution in [-0.4, -0.2) is 35.0 Å². The van der Waals surface area contributed by atoms with Gasteiger partial charge in [0, 0.05) is 30.9 Å². The van der Waals surface area contributed by atoms with Gasteiger partial charge in [0.15, 0.2) is 0 Å². The smallest absolute Gasteiger partial charge is 0.316 e. The van der Waals surface area contributed by atoms with Gasteiger partial charge in [0.05, 0.1) is 6.04 Å². The van der Waals surface area contributed by atoms with Crippen LogP contribution in [0.1, 0.15) is 53.9 Å². The van der Waals surface area contributed by atoms with E-state index in [9.17, 15) is 14.7 Å². The molecular weight excluding hydrogens is 412 g/mol. The van der Waals surface area contributed by atoms with E-state index in [2.05, 4.69) is 18.7 Å². The molecule has 3 aromatic rings. The third kappa shape index (κ3) is 3.88. The van der Waals surface area contributed by atoms with Crippen LogP contribution in [0.3, 0.4) is 0 Å². The number of hydrogen-bond acceptors (Lipinski definition) is 3. The van der Waals surface area contributed by atoms with Gasteiger partial charge in [0.1, 0.15) is 5.41 Å². The standard InChI is InChI=1S/C28H30N2O3/c1-4-29(5-2)22-17-15-21(16-18-22)25-28(3,27(32)33)24-14-10-9-13-23(24)26(31)30(25)19-20-11-7-6-8-12-20/h6-18,25H,4-5,19H2,1-3H3,(H,32,33)/t25-,28-/m1/s1. The number of rotatable bonds is 7. The molecule has 2 atom stereocenters. The van der Waals surface area contributed by atoms with Crippen LogP contribution in [0.15, 0.2) is 78.9 Å². The molecule has 1 heterocycles. The highest BCUT2D eigenvalue weighted by molar-refractivity contribution is 6.01. The molecule has 33 heavy (non-hydrogen) atoms. The molecule has 4 rings (SSSR count). The molecule has 1 aliphatic heterocycles. The second kappa shape index (κ2) is 9.10. The van der Waals surface area contributed by atoms with Crippen molar-refractivity contribution in [2.45, 2.75) is 38.8 Å². The topological polar surface area (TPSA) is 60.9 Å². The number of fused-ring (bicyclic) bond motifs is 1. The van der Waals surface area contributed by atoms with E-state index in [-0.39, 0.29) is 5.91 Å². The summed E-state index contributed by atoms with van der Waals surface area (Å²) in [6, 6.07) is 24.2. The van der Waals surface area contributed by atoms with E-state index in [1.807, 2.05) is 54.6 Å². The maximum Gasteiger partial charge on any atom is 0.316 e. The lowest BCUT2D eigenvalue weighted by Crippen LogP contribution is -2.53. The zero-order chi connectivity index (χ0) is 23.6. The summed E-state index contributed by atoms with van der Waals surface area (Å²) in [5.41, 5.74) is 2.57. The normalized spacial score (nSPS) is 19.8. The summed E-state index contributed by atoms with van der Waals surface area (Å²) in [7, 11) is 0. The van der Waals surface area contributed by atoms with Crippen molar-refractivity contribution in [3.63, 3.8) is 0 Å². The average Bonchev–Trinajstić information content (AvgIpc) is 2.84. The molecule has 0 aromatic heterocycles. The van der Waals surface area contributed by atoms with Gasteiger partial charge in [0.2, 0.25) is 0 Å². The van der Waals surface area contributed by atoms with E-state index in [0.717, 1.165) is 29.9 Å². The molecular formula is C28H30N2O3. The summed E-state index contributed by atoms with van der Waals surface area (Å²) in [5, 5.41) is 10.5. The lowest BCUT2D eigenvalue weighted by molar-refractivity contribution is -0.146. The first-order valence-electron chi connectivity index (χ1n) is 11.4. The van der Waals surface area contributed by atoms with Crippen molar-refractivity contribution in [3.05, 3.63) is 101 Å². The second-order valence-electron chi connectivity index (χ2n) is 8.64. The second-order valence-corrected chi connectivity index (χ2v) is 8.64. The maximum absolute atomic E-state index is 13.7. The summed E-state index contributed by atoms with van der Waals surface area (Å²) in [5.74, 6) is -1.09. The highest BCUT2D eigenvalue weighted by Gasteiger charge is 2.53. The molecule has 0 aliphatic carbocycles. The van der Waals surface area contributed by atoms with Crippen LogP contribution in [0, 0.1) is 0 Å². The predicted molar refractivity (Wildman–Crippen MR) is 130 cm³/mol. The van der Waals surface area contributed by atoms with Crippen molar-refractivity contribution in [2.75, 3.05) is 18.0 Å². The van der Waals surface area contributed by atoms with Crippen LogP contribution in [0.5, 0.6) is 0 Å². The minimum atomic E-state index is -1.30. The van der Waals surface area contributed by atoms with Gasteiger partial charge in [-0.3, -0.25) is 9.59 Å². The molecule has 1 N–H and O–H groups in total. The first-order valence-corrected chi connectivity index (χ1v) is 11.4. The number of benzene rings is 3. The van der Waals surface area contributed by atoms with Crippen LogP contribution in [-0.2, 0) is 16.8 Å². The van der Waals surface area contributed by atoms with Gasteiger partial charge >= 0.3 is 5.97 Å². The van der Waals surface area contributed by atoms with Crippen molar-refractivity contribution in [1.29, 1.82) is 0 Å². The first-order chi connectivity index (χ1) is 15.9. The Bertz CT molecular complexity index is 1140. The number of nitrogens with zero attached hydrogens (tertiary/aromatic N) is 2. The monoisotopic (exact) mass is 442 g/mol. The Labute approximate surface area is 195 Å². The highest BCUT2D eigenvalue weighted by Crippen LogP contribution is 2.48. The van der Waals surface area contributed by atoms with Gasteiger partial charge in [-0.05, 0) is 55.7 Å². The van der Waals surface area contributed by atoms with E-state index < -0.39 is 17.4 Å². The minimum absolute atomic E-state index is 0.147. The molecule has 0 fully saturated rings. The molecule has 0 radical (unpaired) electrons.